The zero-order valence-corrected chi connectivity index (χ0v) is 15.0. The standard InChI is InChI=1S/C18H18FN5OS/c1-23-10-13(8-21-23)17-22-15(11-26-17)18(25)24-6-5-20-9-16(24)12-3-2-4-14(19)7-12/h2-4,7-8,10-11,16,20H,5-6,9H2,1H3. The van der Waals surface area contributed by atoms with Gasteiger partial charge < -0.3 is 10.2 Å². The van der Waals surface area contributed by atoms with Crippen molar-refractivity contribution >= 4 is 17.2 Å². The molecule has 6 nitrogen and oxygen atoms in total. The Labute approximate surface area is 154 Å². The van der Waals surface area contributed by atoms with E-state index >= 15 is 0 Å². The number of aryl methyl sites for hydroxylation is 1. The van der Waals surface area contributed by atoms with Crippen LogP contribution in [0.25, 0.3) is 10.6 Å². The monoisotopic (exact) mass is 371 g/mol. The maximum absolute atomic E-state index is 13.6. The molecule has 0 aliphatic carbocycles. The van der Waals surface area contributed by atoms with E-state index in [0.717, 1.165) is 16.1 Å². The van der Waals surface area contributed by atoms with Gasteiger partial charge in [0.2, 0.25) is 0 Å². The summed E-state index contributed by atoms with van der Waals surface area (Å²) in [4.78, 5) is 19.3. The molecule has 0 radical (unpaired) electrons. The smallest absolute Gasteiger partial charge is 0.273 e. The third-order valence-electron chi connectivity index (χ3n) is 4.41. The average molecular weight is 371 g/mol. The van der Waals surface area contributed by atoms with Crippen molar-refractivity contribution in [2.45, 2.75) is 6.04 Å². The van der Waals surface area contributed by atoms with Gasteiger partial charge >= 0.3 is 0 Å². The number of hydrogen-bond donors (Lipinski definition) is 1. The van der Waals surface area contributed by atoms with E-state index in [4.69, 9.17) is 0 Å². The SMILES string of the molecule is Cn1cc(-c2nc(C(=O)N3CCNCC3c3cccc(F)c3)cs2)cn1. The highest BCUT2D eigenvalue weighted by Gasteiger charge is 2.30. The quantitative estimate of drug-likeness (QED) is 0.768. The fraction of sp³-hybridized carbons (Fsp3) is 0.278. The molecule has 8 heteroatoms. The molecule has 0 saturated carbocycles. The van der Waals surface area contributed by atoms with E-state index < -0.39 is 0 Å². The minimum absolute atomic E-state index is 0.132. The summed E-state index contributed by atoms with van der Waals surface area (Å²) in [6, 6.07) is 6.21. The van der Waals surface area contributed by atoms with Crippen molar-refractivity contribution in [2.24, 2.45) is 7.05 Å². The molecule has 1 saturated heterocycles. The maximum Gasteiger partial charge on any atom is 0.273 e. The Hall–Kier alpha value is -2.58. The molecule has 1 amide bonds. The van der Waals surface area contributed by atoms with Crippen molar-refractivity contribution in [1.29, 1.82) is 0 Å². The van der Waals surface area contributed by atoms with Crippen LogP contribution < -0.4 is 5.32 Å². The molecule has 1 aliphatic heterocycles. The van der Waals surface area contributed by atoms with Gasteiger partial charge in [0.05, 0.1) is 12.2 Å². The highest BCUT2D eigenvalue weighted by Crippen LogP contribution is 2.27. The first kappa shape index (κ1) is 16.9. The summed E-state index contributed by atoms with van der Waals surface area (Å²) in [7, 11) is 1.84. The minimum Gasteiger partial charge on any atom is -0.328 e. The van der Waals surface area contributed by atoms with Gasteiger partial charge in [0.1, 0.15) is 16.5 Å². The number of carbonyl (C=O) groups is 1. The molecule has 1 aromatic carbocycles. The third kappa shape index (κ3) is 3.25. The lowest BCUT2D eigenvalue weighted by Gasteiger charge is -2.36. The van der Waals surface area contributed by atoms with Crippen LogP contribution in [0, 0.1) is 5.82 Å². The Balaban J connectivity index is 1.60. The van der Waals surface area contributed by atoms with Crippen LogP contribution in [0.1, 0.15) is 22.1 Å². The summed E-state index contributed by atoms with van der Waals surface area (Å²) < 4.78 is 15.3. The normalized spacial score (nSPS) is 17.5. The molecule has 1 N–H and O–H groups in total. The number of rotatable bonds is 3. The van der Waals surface area contributed by atoms with Crippen LogP contribution in [0.2, 0.25) is 0 Å². The molecule has 1 unspecified atom stereocenters. The van der Waals surface area contributed by atoms with Crippen molar-refractivity contribution in [3.63, 3.8) is 0 Å². The van der Waals surface area contributed by atoms with Gasteiger partial charge in [0.25, 0.3) is 5.91 Å². The highest BCUT2D eigenvalue weighted by molar-refractivity contribution is 7.13. The molecule has 1 atom stereocenters. The first-order valence-electron chi connectivity index (χ1n) is 8.33. The molecule has 3 aromatic rings. The van der Waals surface area contributed by atoms with Gasteiger partial charge in [-0.25, -0.2) is 9.37 Å². The zero-order valence-electron chi connectivity index (χ0n) is 14.2. The Morgan fingerprint density at radius 3 is 3.08 bits per heavy atom. The number of halogens is 1. The molecular weight excluding hydrogens is 353 g/mol. The lowest BCUT2D eigenvalue weighted by molar-refractivity contribution is 0.0629. The average Bonchev–Trinajstić information content (AvgIpc) is 3.30. The lowest BCUT2D eigenvalue weighted by atomic mass is 10.0. The molecule has 0 spiro atoms. The van der Waals surface area contributed by atoms with E-state index in [1.54, 1.807) is 27.2 Å². The molecule has 1 aliphatic rings. The third-order valence-corrected chi connectivity index (χ3v) is 5.30. The first-order valence-corrected chi connectivity index (χ1v) is 9.21. The second-order valence-corrected chi connectivity index (χ2v) is 7.07. The van der Waals surface area contributed by atoms with Gasteiger partial charge in [-0.2, -0.15) is 5.10 Å². The van der Waals surface area contributed by atoms with Crippen molar-refractivity contribution in [3.05, 3.63) is 59.1 Å². The summed E-state index contributed by atoms with van der Waals surface area (Å²) in [6.45, 7) is 1.85. The fourth-order valence-corrected chi connectivity index (χ4v) is 3.91. The van der Waals surface area contributed by atoms with Crippen molar-refractivity contribution in [1.82, 2.24) is 25.0 Å². The van der Waals surface area contributed by atoms with E-state index in [-0.39, 0.29) is 17.8 Å². The summed E-state index contributed by atoms with van der Waals surface area (Å²) in [5, 5.41) is 9.95. The largest absolute Gasteiger partial charge is 0.328 e. The predicted molar refractivity (Wildman–Crippen MR) is 97.4 cm³/mol. The van der Waals surface area contributed by atoms with E-state index in [9.17, 15) is 9.18 Å². The fourth-order valence-electron chi connectivity index (χ4n) is 3.14. The van der Waals surface area contributed by atoms with Crippen LogP contribution in [-0.4, -0.2) is 45.2 Å². The topological polar surface area (TPSA) is 63.1 Å². The molecule has 0 bridgehead atoms. The number of nitrogens with one attached hydrogen (secondary N) is 1. The minimum atomic E-state index is -0.298. The van der Waals surface area contributed by atoms with E-state index in [1.807, 2.05) is 19.3 Å². The second kappa shape index (κ2) is 6.97. The zero-order chi connectivity index (χ0) is 18.1. The molecule has 1 fully saturated rings. The Bertz CT molecular complexity index is 937. The number of benzene rings is 1. The summed E-state index contributed by atoms with van der Waals surface area (Å²) >= 11 is 1.42. The Morgan fingerprint density at radius 1 is 1.42 bits per heavy atom. The van der Waals surface area contributed by atoms with Crippen LogP contribution in [0.5, 0.6) is 0 Å². The maximum atomic E-state index is 13.6. The van der Waals surface area contributed by atoms with E-state index in [0.29, 0.717) is 25.3 Å². The van der Waals surface area contributed by atoms with Crippen molar-refractivity contribution < 1.29 is 9.18 Å². The lowest BCUT2D eigenvalue weighted by Crippen LogP contribution is -2.48. The van der Waals surface area contributed by atoms with Gasteiger partial charge in [0, 0.05) is 43.8 Å². The highest BCUT2D eigenvalue weighted by atomic mass is 32.1. The first-order chi connectivity index (χ1) is 12.6. The molecule has 2 aromatic heterocycles. The number of carbonyl (C=O) groups excluding carboxylic acids is 1. The number of hydrogen-bond acceptors (Lipinski definition) is 5. The summed E-state index contributed by atoms with van der Waals surface area (Å²) in [6.07, 6.45) is 3.60. The van der Waals surface area contributed by atoms with E-state index in [2.05, 4.69) is 15.4 Å². The van der Waals surface area contributed by atoms with Crippen LogP contribution in [0.15, 0.2) is 42.0 Å². The molecule has 4 rings (SSSR count). The molecule has 3 heterocycles. The van der Waals surface area contributed by atoms with Crippen LogP contribution in [0.3, 0.4) is 0 Å². The molecule has 134 valence electrons. The van der Waals surface area contributed by atoms with Gasteiger partial charge in [-0.15, -0.1) is 11.3 Å². The van der Waals surface area contributed by atoms with Crippen LogP contribution in [-0.2, 0) is 7.05 Å². The summed E-state index contributed by atoms with van der Waals surface area (Å²) in [5.74, 6) is -0.430. The van der Waals surface area contributed by atoms with E-state index in [1.165, 1.54) is 23.5 Å². The number of amides is 1. The van der Waals surface area contributed by atoms with Crippen LogP contribution in [0.4, 0.5) is 4.39 Å². The Kier molecular flexibility index (Phi) is 4.52. The van der Waals surface area contributed by atoms with Crippen molar-refractivity contribution in [2.75, 3.05) is 19.6 Å². The Morgan fingerprint density at radius 2 is 2.31 bits per heavy atom. The predicted octanol–water partition coefficient (Wildman–Crippen LogP) is 2.47. The number of piperazine rings is 1. The number of aromatic nitrogens is 3. The van der Waals surface area contributed by atoms with Crippen molar-refractivity contribution in [3.8, 4) is 10.6 Å². The van der Waals surface area contributed by atoms with Gasteiger partial charge in [0.15, 0.2) is 0 Å². The summed E-state index contributed by atoms with van der Waals surface area (Å²) in [5.41, 5.74) is 2.09. The number of nitrogens with zero attached hydrogens (tertiary/aromatic N) is 4. The second-order valence-electron chi connectivity index (χ2n) is 6.21. The molecule has 26 heavy (non-hydrogen) atoms. The number of thiazole rings is 1. The van der Waals surface area contributed by atoms with Gasteiger partial charge in [-0.3, -0.25) is 9.48 Å². The van der Waals surface area contributed by atoms with Gasteiger partial charge in [-0.05, 0) is 17.7 Å². The van der Waals surface area contributed by atoms with Crippen LogP contribution >= 0.6 is 11.3 Å². The van der Waals surface area contributed by atoms with Gasteiger partial charge in [-0.1, -0.05) is 12.1 Å². The molecular formula is C18H18FN5OS.